The van der Waals surface area contributed by atoms with Crippen LogP contribution in [-0.4, -0.2) is 34.6 Å². The van der Waals surface area contributed by atoms with Crippen molar-refractivity contribution in [1.29, 1.82) is 0 Å². The van der Waals surface area contributed by atoms with Crippen LogP contribution in [0.3, 0.4) is 0 Å². The Balaban J connectivity index is 1.52. The summed E-state index contributed by atoms with van der Waals surface area (Å²) in [5.74, 6) is 0.0773. The van der Waals surface area contributed by atoms with Crippen molar-refractivity contribution in [3.05, 3.63) is 69.3 Å². The number of amides is 3. The highest BCUT2D eigenvalue weighted by Crippen LogP contribution is 2.34. The third-order valence-electron chi connectivity index (χ3n) is 4.98. The highest BCUT2D eigenvalue weighted by atomic mass is 16.7. The third kappa shape index (κ3) is 3.90. The highest BCUT2D eigenvalue weighted by Gasteiger charge is 2.38. The first-order valence-electron chi connectivity index (χ1n) is 9.19. The fraction of sp³-hybridized carbons (Fsp3) is 0.300. The van der Waals surface area contributed by atoms with Crippen molar-refractivity contribution in [3.8, 4) is 5.75 Å². The number of rotatable bonds is 6. The van der Waals surface area contributed by atoms with E-state index in [0.717, 1.165) is 10.5 Å². The Labute approximate surface area is 166 Å². The lowest BCUT2D eigenvalue weighted by Crippen LogP contribution is -2.31. The molecule has 2 aliphatic rings. The van der Waals surface area contributed by atoms with Gasteiger partial charge in [-0.25, -0.2) is 4.79 Å². The molecular weight excluding hydrogens is 378 g/mol. The Kier molecular flexibility index (Phi) is 5.13. The fourth-order valence-electron chi connectivity index (χ4n) is 3.55. The van der Waals surface area contributed by atoms with E-state index in [9.17, 15) is 19.7 Å². The summed E-state index contributed by atoms with van der Waals surface area (Å²) in [6.07, 6.45) is 1.13. The van der Waals surface area contributed by atoms with E-state index in [-0.39, 0.29) is 31.5 Å². The van der Waals surface area contributed by atoms with Gasteiger partial charge in [0.25, 0.3) is 11.6 Å². The molecule has 0 bridgehead atoms. The molecular formula is C20H19N3O6. The first-order valence-corrected chi connectivity index (χ1v) is 9.19. The number of benzene rings is 2. The summed E-state index contributed by atoms with van der Waals surface area (Å²) < 4.78 is 10.7. The zero-order valence-corrected chi connectivity index (χ0v) is 15.5. The Morgan fingerprint density at radius 1 is 1.21 bits per heavy atom. The highest BCUT2D eigenvalue weighted by molar-refractivity contribution is 6.04. The number of hydrogen-bond donors (Lipinski definition) is 1. The minimum Gasteiger partial charge on any atom is -0.467 e. The molecule has 150 valence electrons. The molecule has 9 nitrogen and oxygen atoms in total. The monoisotopic (exact) mass is 397 g/mol. The molecule has 0 aromatic heterocycles. The van der Waals surface area contributed by atoms with Gasteiger partial charge in [0.05, 0.1) is 18.1 Å². The molecule has 0 unspecified atom stereocenters. The second kappa shape index (κ2) is 7.88. The number of imide groups is 1. The number of nitro benzene ring substituents is 1. The number of nitro groups is 1. The number of aryl methyl sites for hydroxylation is 1. The van der Waals surface area contributed by atoms with Crippen LogP contribution in [-0.2, 0) is 29.1 Å². The van der Waals surface area contributed by atoms with Crippen LogP contribution in [0.4, 0.5) is 10.5 Å². The first kappa shape index (κ1) is 18.9. The van der Waals surface area contributed by atoms with Gasteiger partial charge in [-0.2, -0.15) is 0 Å². The molecule has 0 saturated carbocycles. The van der Waals surface area contributed by atoms with Crippen LogP contribution in [0.1, 0.15) is 23.1 Å². The van der Waals surface area contributed by atoms with E-state index in [4.69, 9.17) is 9.47 Å². The smallest absolute Gasteiger partial charge is 0.325 e. The number of fused-ring (bicyclic) bond motifs is 1. The second-order valence-corrected chi connectivity index (χ2v) is 6.91. The van der Waals surface area contributed by atoms with Crippen molar-refractivity contribution in [2.75, 3.05) is 6.79 Å². The van der Waals surface area contributed by atoms with Gasteiger partial charge in [-0.1, -0.05) is 30.3 Å². The van der Waals surface area contributed by atoms with Crippen molar-refractivity contribution in [1.82, 2.24) is 10.2 Å². The summed E-state index contributed by atoms with van der Waals surface area (Å²) in [7, 11) is 0. The van der Waals surface area contributed by atoms with Crippen molar-refractivity contribution >= 4 is 17.6 Å². The van der Waals surface area contributed by atoms with Crippen LogP contribution in [0.2, 0.25) is 0 Å². The van der Waals surface area contributed by atoms with Crippen LogP contribution >= 0.6 is 0 Å². The third-order valence-corrected chi connectivity index (χ3v) is 4.98. The molecule has 3 amide bonds. The number of non-ortho nitro benzene ring substituents is 1. The van der Waals surface area contributed by atoms with Gasteiger partial charge >= 0.3 is 6.03 Å². The summed E-state index contributed by atoms with van der Waals surface area (Å²) in [6.45, 7) is 0.0814. The van der Waals surface area contributed by atoms with Gasteiger partial charge in [0.1, 0.15) is 11.8 Å². The van der Waals surface area contributed by atoms with Crippen molar-refractivity contribution in [3.63, 3.8) is 0 Å². The number of carbonyl (C=O) groups excluding carboxylic acids is 2. The molecule has 0 aliphatic carbocycles. The van der Waals surface area contributed by atoms with E-state index in [2.05, 4.69) is 5.32 Å². The number of urea groups is 1. The van der Waals surface area contributed by atoms with Crippen LogP contribution < -0.4 is 10.1 Å². The van der Waals surface area contributed by atoms with Gasteiger partial charge in [-0.15, -0.1) is 0 Å². The molecule has 9 heteroatoms. The SMILES string of the molecule is O=C1N[C@@H](CCc2ccccc2)C(=O)N1Cc1cc([N+](=O)[O-])cc2c1OCOC2. The molecule has 1 fully saturated rings. The molecule has 2 heterocycles. The summed E-state index contributed by atoms with van der Waals surface area (Å²) in [6, 6.07) is 11.3. The zero-order chi connectivity index (χ0) is 20.4. The number of ether oxygens (including phenoxy) is 2. The van der Waals surface area contributed by atoms with E-state index in [1.54, 1.807) is 0 Å². The normalized spacial score (nSPS) is 18.2. The van der Waals surface area contributed by atoms with E-state index in [0.29, 0.717) is 29.7 Å². The van der Waals surface area contributed by atoms with E-state index in [1.807, 2.05) is 30.3 Å². The van der Waals surface area contributed by atoms with Gasteiger partial charge < -0.3 is 14.8 Å². The maximum atomic E-state index is 12.8. The molecule has 4 rings (SSSR count). The lowest BCUT2D eigenvalue weighted by atomic mass is 10.0. The number of hydrogen-bond acceptors (Lipinski definition) is 6. The van der Waals surface area contributed by atoms with E-state index < -0.39 is 17.0 Å². The molecule has 2 aromatic rings. The largest absolute Gasteiger partial charge is 0.467 e. The fourth-order valence-corrected chi connectivity index (χ4v) is 3.55. The van der Waals surface area contributed by atoms with Crippen LogP contribution in [0, 0.1) is 10.1 Å². The minimum absolute atomic E-state index is 0.0116. The predicted octanol–water partition coefficient (Wildman–Crippen LogP) is 2.51. The van der Waals surface area contributed by atoms with Crippen LogP contribution in [0.25, 0.3) is 0 Å². The van der Waals surface area contributed by atoms with Crippen molar-refractivity contribution in [2.45, 2.75) is 32.0 Å². The van der Waals surface area contributed by atoms with Gasteiger partial charge in [0.15, 0.2) is 6.79 Å². The van der Waals surface area contributed by atoms with E-state index in [1.165, 1.54) is 12.1 Å². The van der Waals surface area contributed by atoms with Gasteiger partial charge in [-0.3, -0.25) is 19.8 Å². The van der Waals surface area contributed by atoms with Crippen LogP contribution in [0.15, 0.2) is 42.5 Å². The number of carbonyl (C=O) groups is 2. The molecule has 1 atom stereocenters. The van der Waals surface area contributed by atoms with Gasteiger partial charge in [-0.05, 0) is 18.4 Å². The lowest BCUT2D eigenvalue weighted by Gasteiger charge is -2.22. The summed E-state index contributed by atoms with van der Waals surface area (Å²) in [4.78, 5) is 37.0. The molecule has 2 aromatic carbocycles. The molecule has 0 spiro atoms. The standard InChI is InChI=1S/C20H19N3O6/c24-19-17(7-6-13-4-2-1-3-5-13)21-20(25)22(19)10-14-8-16(23(26)27)9-15-11-28-12-29-18(14)15/h1-5,8-9,17H,6-7,10-12H2,(H,21,25)/t17-/m0/s1. The Morgan fingerprint density at radius 3 is 2.76 bits per heavy atom. The van der Waals surface area contributed by atoms with Gasteiger partial charge in [0.2, 0.25) is 0 Å². The van der Waals surface area contributed by atoms with Gasteiger partial charge in [0, 0.05) is 23.3 Å². The second-order valence-electron chi connectivity index (χ2n) is 6.91. The number of nitrogens with zero attached hydrogens (tertiary/aromatic N) is 2. The van der Waals surface area contributed by atoms with E-state index >= 15 is 0 Å². The topological polar surface area (TPSA) is 111 Å². The predicted molar refractivity (Wildman–Crippen MR) is 101 cm³/mol. The maximum Gasteiger partial charge on any atom is 0.325 e. The first-order chi connectivity index (χ1) is 14.0. The Morgan fingerprint density at radius 2 is 2.00 bits per heavy atom. The Bertz CT molecular complexity index is 962. The summed E-state index contributed by atoms with van der Waals surface area (Å²) in [5.41, 5.74) is 1.87. The minimum atomic E-state index is -0.624. The summed E-state index contributed by atoms with van der Waals surface area (Å²) in [5, 5.41) is 13.9. The average molecular weight is 397 g/mol. The summed E-state index contributed by atoms with van der Waals surface area (Å²) >= 11 is 0. The average Bonchev–Trinajstić information content (AvgIpc) is 3.00. The molecule has 29 heavy (non-hydrogen) atoms. The molecule has 1 saturated heterocycles. The van der Waals surface area contributed by atoms with Crippen LogP contribution in [0.5, 0.6) is 5.75 Å². The maximum absolute atomic E-state index is 12.8. The Hall–Kier alpha value is -3.46. The number of nitrogens with one attached hydrogen (secondary N) is 1. The molecule has 1 N–H and O–H groups in total. The van der Waals surface area contributed by atoms with Crippen molar-refractivity contribution < 1.29 is 24.0 Å². The lowest BCUT2D eigenvalue weighted by molar-refractivity contribution is -0.385. The molecule has 2 aliphatic heterocycles. The zero-order valence-electron chi connectivity index (χ0n) is 15.5. The molecule has 0 radical (unpaired) electrons. The quantitative estimate of drug-likeness (QED) is 0.455. The van der Waals surface area contributed by atoms with Crippen molar-refractivity contribution in [2.24, 2.45) is 0 Å².